The first kappa shape index (κ1) is 8.58. The highest BCUT2D eigenvalue weighted by Crippen LogP contribution is 1.93. The molecule has 1 amide bonds. The first-order chi connectivity index (χ1) is 4.04. The molecule has 0 aliphatic heterocycles. The molecule has 54 valence electrons. The smallest absolute Gasteiger partial charge is 0.221 e. The molecule has 0 aromatic rings. The van der Waals surface area contributed by atoms with Crippen molar-refractivity contribution in [1.82, 2.24) is 0 Å². The predicted molar refractivity (Wildman–Crippen MR) is 32.1 cm³/mol. The highest BCUT2D eigenvalue weighted by molar-refractivity contribution is 7.79. The Bertz CT molecular complexity index is 136. The molecule has 0 spiro atoms. The zero-order valence-electron chi connectivity index (χ0n) is 4.99. The molecular weight excluding hydrogens is 142 g/mol. The molecule has 0 aromatic carbocycles. The average Bonchev–Trinajstić information content (AvgIpc) is 1.63. The van der Waals surface area contributed by atoms with E-state index in [-0.39, 0.29) is 5.75 Å². The van der Waals surface area contributed by atoms with Crippen LogP contribution in [0, 0.1) is 5.92 Å². The third-order valence-corrected chi connectivity index (χ3v) is 1.64. The summed E-state index contributed by atoms with van der Waals surface area (Å²) in [6.07, 6.45) is 0. The van der Waals surface area contributed by atoms with Gasteiger partial charge in [0.15, 0.2) is 0 Å². The highest BCUT2D eigenvalue weighted by atomic mass is 32.2. The highest BCUT2D eigenvalue weighted by Gasteiger charge is 2.06. The van der Waals surface area contributed by atoms with Crippen molar-refractivity contribution in [2.75, 3.05) is 5.75 Å². The molecule has 0 aliphatic rings. The third-order valence-electron chi connectivity index (χ3n) is 0.872. The van der Waals surface area contributed by atoms with Gasteiger partial charge in [-0.1, -0.05) is 18.0 Å². The lowest BCUT2D eigenvalue weighted by atomic mass is 10.2. The van der Waals surface area contributed by atoms with Crippen LogP contribution in [-0.4, -0.2) is 20.4 Å². The molecule has 2 atom stereocenters. The second kappa shape index (κ2) is 3.58. The van der Waals surface area contributed by atoms with Crippen LogP contribution < -0.4 is 5.73 Å². The molecular formula is C4H8NO3S-. The predicted octanol–water partition coefficient (Wildman–Crippen LogP) is -1.01. The number of amides is 1. The summed E-state index contributed by atoms with van der Waals surface area (Å²) in [5.41, 5.74) is 4.77. The summed E-state index contributed by atoms with van der Waals surface area (Å²) in [6, 6.07) is 0. The van der Waals surface area contributed by atoms with Gasteiger partial charge >= 0.3 is 0 Å². The number of hydrogen-bond acceptors (Lipinski definition) is 3. The second-order valence-corrected chi connectivity index (χ2v) is 2.71. The van der Waals surface area contributed by atoms with Gasteiger partial charge in [0.2, 0.25) is 5.91 Å². The van der Waals surface area contributed by atoms with Crippen molar-refractivity contribution in [3.05, 3.63) is 0 Å². The van der Waals surface area contributed by atoms with Crippen LogP contribution in [-0.2, 0) is 15.9 Å². The summed E-state index contributed by atoms with van der Waals surface area (Å²) in [5, 5.41) is 0. The van der Waals surface area contributed by atoms with Crippen LogP contribution in [0.3, 0.4) is 0 Å². The molecule has 4 nitrogen and oxygen atoms in total. The first-order valence-corrected chi connectivity index (χ1v) is 3.63. The Hall–Kier alpha value is -0.420. The van der Waals surface area contributed by atoms with Crippen molar-refractivity contribution in [2.45, 2.75) is 6.92 Å². The van der Waals surface area contributed by atoms with E-state index in [1.54, 1.807) is 0 Å². The minimum Gasteiger partial charge on any atom is -0.772 e. The van der Waals surface area contributed by atoms with Crippen LogP contribution in [0.5, 0.6) is 0 Å². The lowest BCUT2D eigenvalue weighted by Gasteiger charge is -2.08. The average molecular weight is 150 g/mol. The monoisotopic (exact) mass is 150 g/mol. The molecule has 0 aromatic heterocycles. The van der Waals surface area contributed by atoms with E-state index in [1.165, 1.54) is 6.92 Å². The van der Waals surface area contributed by atoms with E-state index in [0.717, 1.165) is 0 Å². The molecule has 2 N–H and O–H groups in total. The maximum Gasteiger partial charge on any atom is 0.221 e. The zero-order chi connectivity index (χ0) is 7.44. The lowest BCUT2D eigenvalue weighted by Crippen LogP contribution is -2.25. The van der Waals surface area contributed by atoms with Gasteiger partial charge in [0, 0.05) is 11.7 Å². The third kappa shape index (κ3) is 4.11. The fraction of sp³-hybridized carbons (Fsp3) is 0.750. The first-order valence-electron chi connectivity index (χ1n) is 2.39. The Labute approximate surface area is 55.7 Å². The van der Waals surface area contributed by atoms with Gasteiger partial charge in [-0.2, -0.15) is 0 Å². The van der Waals surface area contributed by atoms with Crippen molar-refractivity contribution in [3.8, 4) is 0 Å². The van der Waals surface area contributed by atoms with E-state index < -0.39 is 22.9 Å². The number of carbonyl (C=O) groups is 1. The van der Waals surface area contributed by atoms with E-state index >= 15 is 0 Å². The van der Waals surface area contributed by atoms with Gasteiger partial charge in [0.1, 0.15) is 0 Å². The number of carbonyl (C=O) groups excluding carboxylic acids is 1. The second-order valence-electron chi connectivity index (χ2n) is 1.77. The van der Waals surface area contributed by atoms with Crippen LogP contribution in [0.4, 0.5) is 0 Å². The Balaban J connectivity index is 3.63. The van der Waals surface area contributed by atoms with Crippen molar-refractivity contribution in [1.29, 1.82) is 0 Å². The maximum absolute atomic E-state index is 10.2. The van der Waals surface area contributed by atoms with Crippen LogP contribution in [0.2, 0.25) is 0 Å². The lowest BCUT2D eigenvalue weighted by molar-refractivity contribution is -0.120. The quantitative estimate of drug-likeness (QED) is 0.523. The number of hydrogen-bond donors (Lipinski definition) is 1. The van der Waals surface area contributed by atoms with Gasteiger partial charge in [0.05, 0.1) is 0 Å². The molecule has 5 heteroatoms. The summed E-state index contributed by atoms with van der Waals surface area (Å²) in [5.74, 6) is -1.35. The standard InChI is InChI=1S/C4H9NO3S/c1-3(4(5)6)2-9(7)8/h3H,2H2,1H3,(H2,5,6)(H,7,8)/p-1. The van der Waals surface area contributed by atoms with Crippen LogP contribution >= 0.6 is 0 Å². The van der Waals surface area contributed by atoms with Gasteiger partial charge in [-0.3, -0.25) is 9.00 Å². The Morgan fingerprint density at radius 1 is 1.89 bits per heavy atom. The van der Waals surface area contributed by atoms with Gasteiger partial charge in [-0.05, 0) is 0 Å². The molecule has 0 aliphatic carbocycles. The minimum atomic E-state index is -2.17. The summed E-state index contributed by atoms with van der Waals surface area (Å²) in [7, 11) is 0. The van der Waals surface area contributed by atoms with Crippen LogP contribution in [0.1, 0.15) is 6.92 Å². The molecule has 0 bridgehead atoms. The Morgan fingerprint density at radius 3 is 2.44 bits per heavy atom. The van der Waals surface area contributed by atoms with Gasteiger partial charge in [0.25, 0.3) is 0 Å². The Morgan fingerprint density at radius 2 is 2.33 bits per heavy atom. The molecule has 0 rings (SSSR count). The van der Waals surface area contributed by atoms with Gasteiger partial charge in [-0.25, -0.2) is 0 Å². The van der Waals surface area contributed by atoms with Crippen molar-refractivity contribution < 1.29 is 13.6 Å². The SMILES string of the molecule is CC(CS(=O)[O-])C(N)=O. The van der Waals surface area contributed by atoms with Crippen molar-refractivity contribution in [3.63, 3.8) is 0 Å². The molecule has 0 heterocycles. The largest absolute Gasteiger partial charge is 0.772 e. The summed E-state index contributed by atoms with van der Waals surface area (Å²) < 4.78 is 19.8. The molecule has 0 saturated heterocycles. The van der Waals surface area contributed by atoms with E-state index in [1.807, 2.05) is 0 Å². The summed E-state index contributed by atoms with van der Waals surface area (Å²) >= 11 is -2.17. The topological polar surface area (TPSA) is 83.2 Å². The van der Waals surface area contributed by atoms with Crippen LogP contribution in [0.15, 0.2) is 0 Å². The number of nitrogens with two attached hydrogens (primary N) is 1. The molecule has 0 saturated carbocycles. The molecule has 0 fully saturated rings. The maximum atomic E-state index is 10.2. The zero-order valence-corrected chi connectivity index (χ0v) is 5.81. The fourth-order valence-corrected chi connectivity index (χ4v) is 0.859. The van der Waals surface area contributed by atoms with Crippen LogP contribution in [0.25, 0.3) is 0 Å². The minimum absolute atomic E-state index is 0.185. The fourth-order valence-electron chi connectivity index (χ4n) is 0.286. The number of primary amides is 1. The van der Waals surface area contributed by atoms with Gasteiger partial charge < -0.3 is 10.3 Å². The van der Waals surface area contributed by atoms with Crippen molar-refractivity contribution >= 4 is 17.0 Å². The van der Waals surface area contributed by atoms with Crippen molar-refractivity contribution in [2.24, 2.45) is 11.7 Å². The Kier molecular flexibility index (Phi) is 3.41. The molecule has 0 radical (unpaired) electrons. The van der Waals surface area contributed by atoms with E-state index in [0.29, 0.717) is 0 Å². The normalized spacial score (nSPS) is 16.7. The molecule has 9 heavy (non-hydrogen) atoms. The van der Waals surface area contributed by atoms with Gasteiger partial charge in [-0.15, -0.1) is 0 Å². The number of rotatable bonds is 3. The summed E-state index contributed by atoms with van der Waals surface area (Å²) in [6.45, 7) is 1.47. The van der Waals surface area contributed by atoms with E-state index in [4.69, 9.17) is 5.73 Å². The van der Waals surface area contributed by atoms with E-state index in [2.05, 4.69) is 0 Å². The van der Waals surface area contributed by atoms with E-state index in [9.17, 15) is 13.6 Å². The summed E-state index contributed by atoms with van der Waals surface area (Å²) in [4.78, 5) is 10.2. The molecule has 2 unspecified atom stereocenters.